The highest BCUT2D eigenvalue weighted by Gasteiger charge is 2.55. The fraction of sp³-hybridized carbons (Fsp3) is 0.889. The van der Waals surface area contributed by atoms with Crippen molar-refractivity contribution in [2.24, 2.45) is 40.9 Å². The van der Waals surface area contributed by atoms with Crippen LogP contribution >= 0.6 is 0 Å². The number of allylic oxidation sites excluding steroid dienone is 1. The van der Waals surface area contributed by atoms with Crippen LogP contribution in [0.5, 0.6) is 0 Å². The Bertz CT molecular complexity index is 714. The minimum absolute atomic E-state index is 0.366. The fourth-order valence-electron chi connectivity index (χ4n) is 8.40. The lowest BCUT2D eigenvalue weighted by Gasteiger charge is -2.52. The topological polar surface area (TPSA) is 38.3 Å². The number of carbonyl (C=O) groups excluding carboxylic acids is 1. The third kappa shape index (κ3) is 3.52. The largest absolute Gasteiger partial charge is 0.372 e. The van der Waals surface area contributed by atoms with Gasteiger partial charge in [-0.25, -0.2) is 0 Å². The second-order valence-electron chi connectivity index (χ2n) is 12.1. The molecule has 1 saturated heterocycles. The zero-order valence-electron chi connectivity index (χ0n) is 19.7. The molecule has 0 aromatic rings. The minimum Gasteiger partial charge on any atom is -0.372 e. The number of ketones is 1. The molecule has 0 spiro atoms. The quantitative estimate of drug-likeness (QED) is 0.530. The summed E-state index contributed by atoms with van der Waals surface area (Å²) in [6, 6.07) is 0.519. The Balaban J connectivity index is 1.42. The average molecular weight is 414 g/mol. The van der Waals surface area contributed by atoms with E-state index in [0.717, 1.165) is 50.2 Å². The Hall–Kier alpha value is -0.670. The lowest BCUT2D eigenvalue weighted by molar-refractivity contribution is -0.129. The third-order valence-electron chi connectivity index (χ3n) is 10.3. The lowest BCUT2D eigenvalue weighted by atomic mass is 9.52. The molecule has 9 atom stereocenters. The summed E-state index contributed by atoms with van der Waals surface area (Å²) in [4.78, 5) is 12.2. The molecule has 0 amide bonds. The van der Waals surface area contributed by atoms with E-state index in [4.69, 9.17) is 4.74 Å². The van der Waals surface area contributed by atoms with E-state index in [1.54, 1.807) is 5.57 Å². The Kier molecular flexibility index (Phi) is 5.67. The van der Waals surface area contributed by atoms with Crippen molar-refractivity contribution in [3.8, 4) is 0 Å². The zero-order chi connectivity index (χ0) is 21.0. The molecule has 5 aliphatic rings. The Morgan fingerprint density at radius 3 is 2.77 bits per heavy atom. The van der Waals surface area contributed by atoms with Gasteiger partial charge in [0.15, 0.2) is 0 Å². The molecule has 1 N–H and O–H groups in total. The van der Waals surface area contributed by atoms with Crippen LogP contribution in [0, 0.1) is 40.9 Å². The van der Waals surface area contributed by atoms with Gasteiger partial charge < -0.3 is 10.1 Å². The summed E-state index contributed by atoms with van der Waals surface area (Å²) in [7, 11) is 0. The van der Waals surface area contributed by atoms with Crippen molar-refractivity contribution in [1.29, 1.82) is 0 Å². The van der Waals surface area contributed by atoms with Crippen molar-refractivity contribution < 1.29 is 9.53 Å². The second-order valence-corrected chi connectivity index (χ2v) is 12.1. The molecule has 168 valence electrons. The van der Waals surface area contributed by atoms with Crippen molar-refractivity contribution in [1.82, 2.24) is 5.32 Å². The molecular weight excluding hydrogens is 370 g/mol. The number of piperidine rings is 1. The molecular formula is C27H43NO2. The van der Waals surface area contributed by atoms with Crippen LogP contribution in [0.15, 0.2) is 11.1 Å². The van der Waals surface area contributed by atoms with Gasteiger partial charge in [0.25, 0.3) is 0 Å². The van der Waals surface area contributed by atoms with Gasteiger partial charge in [-0.3, -0.25) is 4.79 Å². The van der Waals surface area contributed by atoms with Crippen LogP contribution in [-0.2, 0) is 9.53 Å². The third-order valence-corrected chi connectivity index (χ3v) is 10.3. The van der Waals surface area contributed by atoms with Gasteiger partial charge in [-0.15, -0.1) is 0 Å². The highest BCUT2D eigenvalue weighted by atomic mass is 16.5. The van der Waals surface area contributed by atoms with Crippen molar-refractivity contribution in [2.45, 2.75) is 97.6 Å². The average Bonchev–Trinajstić information content (AvgIpc) is 3.10. The molecule has 4 fully saturated rings. The monoisotopic (exact) mass is 413 g/mol. The van der Waals surface area contributed by atoms with Crippen LogP contribution in [0.1, 0.15) is 85.5 Å². The van der Waals surface area contributed by atoms with E-state index in [1.165, 1.54) is 44.1 Å². The molecule has 0 bridgehead atoms. The normalized spacial score (nSPS) is 52.1. The molecule has 2 heterocycles. The smallest absolute Gasteiger partial charge is 0.133 e. The number of rotatable bonds is 0. The van der Waals surface area contributed by atoms with Crippen molar-refractivity contribution in [3.63, 3.8) is 0 Å². The van der Waals surface area contributed by atoms with Gasteiger partial charge in [0.1, 0.15) is 5.78 Å². The first-order chi connectivity index (χ1) is 14.4. The van der Waals surface area contributed by atoms with Crippen LogP contribution in [0.25, 0.3) is 0 Å². The first-order valence-electron chi connectivity index (χ1n) is 12.9. The first kappa shape index (κ1) is 21.2. The summed E-state index contributed by atoms with van der Waals surface area (Å²) in [6.45, 7) is 11.7. The van der Waals surface area contributed by atoms with Crippen LogP contribution in [-0.4, -0.2) is 31.1 Å². The van der Waals surface area contributed by atoms with Crippen molar-refractivity contribution in [2.75, 3.05) is 13.2 Å². The van der Waals surface area contributed by atoms with Crippen LogP contribution in [0.2, 0.25) is 0 Å². The number of carbonyl (C=O) groups is 1. The predicted octanol–water partition coefficient (Wildman–Crippen LogP) is 5.54. The molecule has 0 aromatic heterocycles. The predicted molar refractivity (Wildman–Crippen MR) is 121 cm³/mol. The maximum atomic E-state index is 12.2. The number of ether oxygens (including phenoxy) is 1. The van der Waals surface area contributed by atoms with Crippen LogP contribution < -0.4 is 5.32 Å². The van der Waals surface area contributed by atoms with Crippen LogP contribution in [0.4, 0.5) is 0 Å². The number of hydrogen-bond donors (Lipinski definition) is 1. The van der Waals surface area contributed by atoms with Gasteiger partial charge in [-0.05, 0) is 105 Å². The summed E-state index contributed by atoms with van der Waals surface area (Å²) in [5.74, 6) is 4.94. The number of hydrogen-bond acceptors (Lipinski definition) is 3. The molecule has 3 saturated carbocycles. The van der Waals surface area contributed by atoms with E-state index < -0.39 is 0 Å². The Morgan fingerprint density at radius 2 is 1.93 bits per heavy atom. The highest BCUT2D eigenvalue weighted by molar-refractivity contribution is 5.79. The molecule has 1 unspecified atom stereocenters. The van der Waals surface area contributed by atoms with Gasteiger partial charge in [0.05, 0.1) is 12.7 Å². The van der Waals surface area contributed by atoms with E-state index in [1.807, 2.05) is 0 Å². The summed E-state index contributed by atoms with van der Waals surface area (Å²) in [6.07, 6.45) is 11.0. The van der Waals surface area contributed by atoms with E-state index in [0.29, 0.717) is 41.1 Å². The summed E-state index contributed by atoms with van der Waals surface area (Å²) in [5.41, 5.74) is 3.67. The highest BCUT2D eigenvalue weighted by Crippen LogP contribution is 2.63. The fourth-order valence-corrected chi connectivity index (χ4v) is 8.40. The standard InChI is InChI=1S/C27H43NO2/c1-16-11-25-26(28-14-16)17(2)5-7-21-22-8-6-19-12-20(29)9-10-27(19,4)24(22)13-23(21)18(3)15-30-25/h16-17,19,21-22,24-26,28H,5-15H2,1-4H3/b23-18-/t16-,17-,19+,21-,22?,24-,25+,26-,27-/m0/s1. The molecule has 0 radical (unpaired) electrons. The molecule has 0 aromatic carbocycles. The molecule has 3 heteroatoms. The zero-order valence-corrected chi connectivity index (χ0v) is 19.7. The van der Waals surface area contributed by atoms with Gasteiger partial charge >= 0.3 is 0 Å². The number of fused-ring (bicyclic) bond motifs is 6. The maximum Gasteiger partial charge on any atom is 0.133 e. The first-order valence-corrected chi connectivity index (χ1v) is 12.9. The van der Waals surface area contributed by atoms with Gasteiger partial charge in [0.2, 0.25) is 0 Å². The molecule has 5 rings (SSSR count). The molecule has 3 aliphatic carbocycles. The second kappa shape index (κ2) is 8.03. The van der Waals surface area contributed by atoms with E-state index in [9.17, 15) is 4.79 Å². The van der Waals surface area contributed by atoms with Crippen molar-refractivity contribution >= 4 is 5.78 Å². The Morgan fingerprint density at radius 1 is 1.10 bits per heavy atom. The van der Waals surface area contributed by atoms with E-state index >= 15 is 0 Å². The number of nitrogens with one attached hydrogen (secondary N) is 1. The van der Waals surface area contributed by atoms with Gasteiger partial charge in [-0.2, -0.15) is 0 Å². The van der Waals surface area contributed by atoms with Gasteiger partial charge in [-0.1, -0.05) is 26.3 Å². The van der Waals surface area contributed by atoms with E-state index in [2.05, 4.69) is 33.0 Å². The van der Waals surface area contributed by atoms with Crippen LogP contribution in [0.3, 0.4) is 0 Å². The Labute approximate surface area is 183 Å². The molecule has 3 nitrogen and oxygen atoms in total. The van der Waals surface area contributed by atoms with E-state index in [-0.39, 0.29) is 0 Å². The molecule has 30 heavy (non-hydrogen) atoms. The SMILES string of the molecule is C/C1=C2\C[C@H]3C(CC[C@@H]4CC(=O)CC[C@@]43C)[C@@H]2CC[C@H](C)[C@@H]2NC[C@@H](C)C[C@H]2OC1. The molecule has 2 aliphatic heterocycles. The maximum absolute atomic E-state index is 12.2. The summed E-state index contributed by atoms with van der Waals surface area (Å²) < 4.78 is 6.62. The van der Waals surface area contributed by atoms with Gasteiger partial charge in [0, 0.05) is 18.9 Å². The minimum atomic E-state index is 0.366. The summed E-state index contributed by atoms with van der Waals surface area (Å²) in [5, 5.41) is 3.84. The number of Topliss-reactive ketones (excluding diaryl/α,β-unsaturated/α-hetero) is 1. The summed E-state index contributed by atoms with van der Waals surface area (Å²) >= 11 is 0. The lowest BCUT2D eigenvalue weighted by Crippen LogP contribution is -2.52. The van der Waals surface area contributed by atoms with Crippen molar-refractivity contribution in [3.05, 3.63) is 11.1 Å².